The van der Waals surface area contributed by atoms with Crippen LogP contribution in [0.15, 0.2) is 12.4 Å². The maximum absolute atomic E-state index is 6.03. The van der Waals surface area contributed by atoms with E-state index in [1.807, 2.05) is 10.9 Å². The molecule has 5 heteroatoms. The summed E-state index contributed by atoms with van der Waals surface area (Å²) in [5.41, 5.74) is 0. The van der Waals surface area contributed by atoms with Gasteiger partial charge in [-0.1, -0.05) is 0 Å². The van der Waals surface area contributed by atoms with Crippen molar-refractivity contribution < 1.29 is 4.74 Å². The van der Waals surface area contributed by atoms with Gasteiger partial charge >= 0.3 is 0 Å². The second kappa shape index (κ2) is 5.24. The van der Waals surface area contributed by atoms with Crippen molar-refractivity contribution in [3.63, 3.8) is 0 Å². The number of halogens is 1. The van der Waals surface area contributed by atoms with Gasteiger partial charge in [0.25, 0.3) is 0 Å². The standard InChI is InChI=1S/C12H18IN3O/c13-9-5-15-16(7-9)8-12-4-3-11(17-12)6-14-10-1-2-10/h5,7,10-12,14H,1-4,6,8H2. The Morgan fingerprint density at radius 3 is 2.88 bits per heavy atom. The van der Waals surface area contributed by atoms with Crippen LogP contribution in [0.3, 0.4) is 0 Å². The van der Waals surface area contributed by atoms with Gasteiger partial charge in [-0.3, -0.25) is 4.68 Å². The third-order valence-corrected chi connectivity index (χ3v) is 3.96. The molecule has 17 heavy (non-hydrogen) atoms. The van der Waals surface area contributed by atoms with Crippen molar-refractivity contribution >= 4 is 22.6 Å². The molecule has 3 rings (SSSR count). The lowest BCUT2D eigenvalue weighted by molar-refractivity contribution is 0.0340. The predicted molar refractivity (Wildman–Crippen MR) is 73.9 cm³/mol. The molecule has 94 valence electrons. The van der Waals surface area contributed by atoms with E-state index in [-0.39, 0.29) is 0 Å². The van der Waals surface area contributed by atoms with E-state index in [2.05, 4.69) is 39.2 Å². The highest BCUT2D eigenvalue weighted by atomic mass is 127. The average Bonchev–Trinajstić information content (AvgIpc) is 2.90. The average molecular weight is 347 g/mol. The van der Waals surface area contributed by atoms with Crippen molar-refractivity contribution in [1.82, 2.24) is 15.1 Å². The van der Waals surface area contributed by atoms with Gasteiger partial charge in [-0.25, -0.2) is 0 Å². The molecular weight excluding hydrogens is 329 g/mol. The first-order valence-electron chi connectivity index (χ1n) is 6.36. The fourth-order valence-corrected chi connectivity index (χ4v) is 2.74. The fourth-order valence-electron chi connectivity index (χ4n) is 2.30. The Balaban J connectivity index is 1.43. The third kappa shape index (κ3) is 3.42. The second-order valence-corrected chi connectivity index (χ2v) is 6.27. The van der Waals surface area contributed by atoms with E-state index in [0.717, 1.165) is 25.6 Å². The zero-order valence-electron chi connectivity index (χ0n) is 9.81. The van der Waals surface area contributed by atoms with Crippen LogP contribution in [-0.4, -0.2) is 34.6 Å². The van der Waals surface area contributed by atoms with Crippen LogP contribution in [0.2, 0.25) is 0 Å². The largest absolute Gasteiger partial charge is 0.372 e. The predicted octanol–water partition coefficient (Wildman–Crippen LogP) is 1.79. The van der Waals surface area contributed by atoms with E-state index in [9.17, 15) is 0 Å². The minimum Gasteiger partial charge on any atom is -0.372 e. The number of nitrogens with one attached hydrogen (secondary N) is 1. The second-order valence-electron chi connectivity index (χ2n) is 5.02. The van der Waals surface area contributed by atoms with E-state index in [0.29, 0.717) is 12.2 Å². The van der Waals surface area contributed by atoms with Crippen LogP contribution in [0.1, 0.15) is 25.7 Å². The van der Waals surface area contributed by atoms with Gasteiger partial charge in [0.05, 0.1) is 28.5 Å². The van der Waals surface area contributed by atoms with Gasteiger partial charge in [0.15, 0.2) is 0 Å². The van der Waals surface area contributed by atoms with Gasteiger partial charge in [0.2, 0.25) is 0 Å². The van der Waals surface area contributed by atoms with Gasteiger partial charge in [-0.15, -0.1) is 0 Å². The van der Waals surface area contributed by atoms with Crippen molar-refractivity contribution in [1.29, 1.82) is 0 Å². The molecule has 1 aromatic rings. The first kappa shape index (κ1) is 11.9. The summed E-state index contributed by atoms with van der Waals surface area (Å²) in [6, 6.07) is 0.783. The molecule has 0 radical (unpaired) electrons. The van der Waals surface area contributed by atoms with E-state index < -0.39 is 0 Å². The van der Waals surface area contributed by atoms with Crippen molar-refractivity contribution in [3.8, 4) is 0 Å². The smallest absolute Gasteiger partial charge is 0.0776 e. The summed E-state index contributed by atoms with van der Waals surface area (Å²) in [4.78, 5) is 0. The molecule has 1 aromatic heterocycles. The van der Waals surface area contributed by atoms with Crippen molar-refractivity contribution in [3.05, 3.63) is 16.0 Å². The highest BCUT2D eigenvalue weighted by Gasteiger charge is 2.28. The molecule has 2 aliphatic rings. The number of hydrogen-bond acceptors (Lipinski definition) is 3. The lowest BCUT2D eigenvalue weighted by Gasteiger charge is -2.14. The Labute approximate surface area is 115 Å². The normalized spacial score (nSPS) is 28.8. The van der Waals surface area contributed by atoms with Gasteiger partial charge < -0.3 is 10.1 Å². The fraction of sp³-hybridized carbons (Fsp3) is 0.750. The Morgan fingerprint density at radius 2 is 2.18 bits per heavy atom. The maximum Gasteiger partial charge on any atom is 0.0776 e. The molecule has 1 saturated heterocycles. The van der Waals surface area contributed by atoms with E-state index in [1.165, 1.54) is 22.8 Å². The lowest BCUT2D eigenvalue weighted by Crippen LogP contribution is -2.29. The molecule has 1 N–H and O–H groups in total. The number of aromatic nitrogens is 2. The molecule has 2 fully saturated rings. The van der Waals surface area contributed by atoms with Crippen LogP contribution in [0.4, 0.5) is 0 Å². The van der Waals surface area contributed by atoms with E-state index in [4.69, 9.17) is 4.74 Å². The first-order valence-corrected chi connectivity index (χ1v) is 7.44. The van der Waals surface area contributed by atoms with Crippen LogP contribution in [0.5, 0.6) is 0 Å². The summed E-state index contributed by atoms with van der Waals surface area (Å²) >= 11 is 2.28. The molecule has 1 saturated carbocycles. The number of rotatable bonds is 5. The summed E-state index contributed by atoms with van der Waals surface area (Å²) in [6.45, 7) is 1.92. The molecular formula is C12H18IN3O. The van der Waals surface area contributed by atoms with Crippen LogP contribution in [-0.2, 0) is 11.3 Å². The molecule has 4 nitrogen and oxygen atoms in total. The van der Waals surface area contributed by atoms with Crippen LogP contribution >= 0.6 is 22.6 Å². The third-order valence-electron chi connectivity index (χ3n) is 3.40. The Kier molecular flexibility index (Phi) is 3.67. The summed E-state index contributed by atoms with van der Waals surface area (Å²) in [7, 11) is 0. The molecule has 0 amide bonds. The molecule has 0 spiro atoms. The molecule has 1 aliphatic carbocycles. The monoisotopic (exact) mass is 347 g/mol. The van der Waals surface area contributed by atoms with E-state index >= 15 is 0 Å². The van der Waals surface area contributed by atoms with Crippen LogP contribution < -0.4 is 5.32 Å². The highest BCUT2D eigenvalue weighted by Crippen LogP contribution is 2.23. The zero-order valence-corrected chi connectivity index (χ0v) is 12.0. The summed E-state index contributed by atoms with van der Waals surface area (Å²) in [5.74, 6) is 0. The SMILES string of the molecule is Ic1cnn(CC2CCC(CNC3CC3)O2)c1. The van der Waals surface area contributed by atoms with E-state index in [1.54, 1.807) is 0 Å². The quantitative estimate of drug-likeness (QED) is 0.826. The molecule has 2 atom stereocenters. The topological polar surface area (TPSA) is 39.1 Å². The van der Waals surface area contributed by atoms with Crippen molar-refractivity contribution in [2.75, 3.05) is 6.54 Å². The summed E-state index contributed by atoms with van der Waals surface area (Å²) in [6.07, 6.45) is 9.76. The van der Waals surface area contributed by atoms with Gasteiger partial charge in [-0.2, -0.15) is 5.10 Å². The van der Waals surface area contributed by atoms with Crippen molar-refractivity contribution in [2.45, 2.75) is 50.5 Å². The van der Waals surface area contributed by atoms with Gasteiger partial charge in [-0.05, 0) is 48.3 Å². The van der Waals surface area contributed by atoms with Crippen molar-refractivity contribution in [2.24, 2.45) is 0 Å². The Hall–Kier alpha value is -0.140. The molecule has 2 heterocycles. The number of hydrogen-bond donors (Lipinski definition) is 1. The minimum absolute atomic E-state index is 0.344. The molecule has 2 unspecified atom stereocenters. The summed E-state index contributed by atoms with van der Waals surface area (Å²) in [5, 5.41) is 7.84. The van der Waals surface area contributed by atoms with Gasteiger partial charge in [0, 0.05) is 18.8 Å². The van der Waals surface area contributed by atoms with Gasteiger partial charge in [0.1, 0.15) is 0 Å². The van der Waals surface area contributed by atoms with Crippen LogP contribution in [0.25, 0.3) is 0 Å². The summed E-state index contributed by atoms with van der Waals surface area (Å²) < 4.78 is 9.20. The molecule has 0 bridgehead atoms. The maximum atomic E-state index is 6.03. The minimum atomic E-state index is 0.344. The lowest BCUT2D eigenvalue weighted by atomic mass is 10.2. The Morgan fingerprint density at radius 1 is 1.35 bits per heavy atom. The zero-order chi connectivity index (χ0) is 11.7. The molecule has 0 aromatic carbocycles. The number of ether oxygens (including phenoxy) is 1. The number of nitrogens with zero attached hydrogens (tertiary/aromatic N) is 2. The van der Waals surface area contributed by atoms with Crippen LogP contribution in [0, 0.1) is 3.57 Å². The first-order chi connectivity index (χ1) is 8.29. The molecule has 1 aliphatic heterocycles. The highest BCUT2D eigenvalue weighted by molar-refractivity contribution is 14.1. The Bertz CT molecular complexity index is 378.